The molecule has 23 heavy (non-hydrogen) atoms. The molecule has 0 atom stereocenters. The Hall–Kier alpha value is 0.483. The summed E-state index contributed by atoms with van der Waals surface area (Å²) in [6.45, 7) is 3.23. The first kappa shape index (κ1) is 23.5. The molecule has 13 heteroatoms. The molecule has 0 radical (unpaired) electrons. The monoisotopic (exact) mass is 452 g/mol. The number of carbonyl (C=O) groups is 2. The van der Waals surface area contributed by atoms with E-state index in [0.29, 0.717) is 0 Å². The van der Waals surface area contributed by atoms with Gasteiger partial charge >= 0.3 is 12.2 Å². The number of thiol groups is 4. The van der Waals surface area contributed by atoms with Crippen LogP contribution in [0, 0.1) is 0 Å². The van der Waals surface area contributed by atoms with Crippen molar-refractivity contribution in [2.45, 2.75) is 25.7 Å². The van der Waals surface area contributed by atoms with Crippen molar-refractivity contribution in [3.63, 3.8) is 0 Å². The molecule has 0 bridgehead atoms. The van der Waals surface area contributed by atoms with E-state index in [1.54, 1.807) is 10.1 Å². The third-order valence-electron chi connectivity index (χ3n) is 2.87. The molecular weight excluding hydrogens is 434 g/mol. The molecule has 2 aliphatic rings. The maximum absolute atomic E-state index is 10.8. The van der Waals surface area contributed by atoms with Crippen molar-refractivity contribution in [1.82, 2.24) is 17.5 Å². The predicted molar refractivity (Wildman–Crippen MR) is 94.2 cm³/mol. The van der Waals surface area contributed by atoms with Gasteiger partial charge in [-0.15, -0.1) is 10.1 Å². The largest absolute Gasteiger partial charge is 0.449 e. The van der Waals surface area contributed by atoms with Crippen molar-refractivity contribution in [1.29, 1.82) is 0 Å². The number of amides is 2. The third kappa shape index (κ3) is 10.2. The van der Waals surface area contributed by atoms with Crippen LogP contribution in [0.4, 0.5) is 9.59 Å². The van der Waals surface area contributed by atoms with Crippen LogP contribution < -0.4 is 0 Å². The van der Waals surface area contributed by atoms with Gasteiger partial charge in [-0.25, -0.2) is 9.59 Å². The van der Waals surface area contributed by atoms with Gasteiger partial charge in [-0.05, 0) is 76.9 Å². The first-order valence-electron chi connectivity index (χ1n) is 6.69. The van der Waals surface area contributed by atoms with Crippen LogP contribution >= 0.6 is 51.3 Å². The van der Waals surface area contributed by atoms with Gasteiger partial charge < -0.3 is 9.68 Å². The fraction of sp³-hybridized carbons (Fsp3) is 0.800. The van der Waals surface area contributed by atoms with Crippen LogP contribution in [-0.4, -0.2) is 55.9 Å². The molecule has 0 aromatic rings. The summed E-state index contributed by atoms with van der Waals surface area (Å²) >= 11 is 14.6. The van der Waals surface area contributed by atoms with E-state index >= 15 is 0 Å². The SMILES string of the molecule is O=C(ON1CCCC1)N(S)S.O=C(ON1CCCC1)N(S)S.[Zn]. The second-order valence-electron chi connectivity index (χ2n) is 4.57. The average molecular weight is 454 g/mol. The Labute approximate surface area is 171 Å². The summed E-state index contributed by atoms with van der Waals surface area (Å²) in [4.78, 5) is 31.3. The quantitative estimate of drug-likeness (QED) is 0.380. The fourth-order valence-electron chi connectivity index (χ4n) is 1.85. The Bertz CT molecular complexity index is 335. The van der Waals surface area contributed by atoms with Crippen molar-refractivity contribution in [2.75, 3.05) is 26.2 Å². The molecule has 0 spiro atoms. The number of hydroxylamine groups is 4. The van der Waals surface area contributed by atoms with Gasteiger partial charge in [-0.1, -0.05) is 0 Å². The predicted octanol–water partition coefficient (Wildman–Crippen LogP) is 2.25. The molecule has 8 nitrogen and oxygen atoms in total. The molecule has 2 aliphatic heterocycles. The van der Waals surface area contributed by atoms with E-state index in [0.717, 1.165) is 59.3 Å². The first-order chi connectivity index (χ1) is 10.4. The van der Waals surface area contributed by atoms with Gasteiger partial charge in [-0.3, -0.25) is 0 Å². The zero-order valence-electron chi connectivity index (χ0n) is 12.6. The smallest absolute Gasteiger partial charge is 0.350 e. The zero-order chi connectivity index (χ0) is 16.5. The van der Waals surface area contributed by atoms with E-state index in [1.807, 2.05) is 0 Å². The van der Waals surface area contributed by atoms with Gasteiger partial charge in [-0.2, -0.15) is 7.42 Å². The topological polar surface area (TPSA) is 65.6 Å². The second kappa shape index (κ2) is 12.8. The van der Waals surface area contributed by atoms with Gasteiger partial charge in [0.2, 0.25) is 0 Å². The summed E-state index contributed by atoms with van der Waals surface area (Å²) < 4.78 is 1.64. The van der Waals surface area contributed by atoms with E-state index in [4.69, 9.17) is 9.68 Å². The Kier molecular flexibility index (Phi) is 13.1. The van der Waals surface area contributed by atoms with Crippen LogP contribution in [-0.2, 0) is 29.2 Å². The molecule has 0 aromatic heterocycles. The first-order valence-corrected chi connectivity index (χ1v) is 8.29. The number of nitrogens with zero attached hydrogens (tertiary/aromatic N) is 4. The number of rotatable bonds is 2. The van der Waals surface area contributed by atoms with Crippen molar-refractivity contribution < 1.29 is 38.7 Å². The molecule has 0 unspecified atom stereocenters. The number of carbonyl (C=O) groups excluding carboxylic acids is 2. The van der Waals surface area contributed by atoms with E-state index in [-0.39, 0.29) is 19.5 Å². The minimum Gasteiger partial charge on any atom is -0.350 e. The molecule has 2 amide bonds. The van der Waals surface area contributed by atoms with Crippen LogP contribution in [0.15, 0.2) is 0 Å². The van der Waals surface area contributed by atoms with Gasteiger partial charge in [0, 0.05) is 45.7 Å². The standard InChI is InChI=1S/2C5H10N2O2S2.Zn/c2*8-5(7(10)11)9-6-3-1-2-4-6;/h2*10-11H,1-4H2;. The minimum atomic E-state index is -0.557. The van der Waals surface area contributed by atoms with E-state index < -0.39 is 12.2 Å². The van der Waals surface area contributed by atoms with Crippen molar-refractivity contribution in [3.05, 3.63) is 0 Å². The molecule has 2 rings (SSSR count). The Morgan fingerprint density at radius 1 is 0.696 bits per heavy atom. The molecule has 2 heterocycles. The van der Waals surface area contributed by atoms with Crippen LogP contribution in [0.25, 0.3) is 0 Å². The number of hydrogen-bond acceptors (Lipinski definition) is 10. The fourth-order valence-corrected chi connectivity index (χ4v) is 2.00. The molecule has 0 N–H and O–H groups in total. The molecule has 0 aromatic carbocycles. The van der Waals surface area contributed by atoms with E-state index in [2.05, 4.69) is 51.3 Å². The van der Waals surface area contributed by atoms with Gasteiger partial charge in [0.05, 0.1) is 0 Å². The van der Waals surface area contributed by atoms with Crippen molar-refractivity contribution >= 4 is 63.4 Å². The zero-order valence-corrected chi connectivity index (χ0v) is 19.1. The maximum atomic E-state index is 10.8. The summed E-state index contributed by atoms with van der Waals surface area (Å²) in [6.07, 6.45) is 3.19. The molecule has 2 saturated heterocycles. The Morgan fingerprint density at radius 3 is 1.17 bits per heavy atom. The normalized spacial score (nSPS) is 17.6. The van der Waals surface area contributed by atoms with E-state index in [1.165, 1.54) is 0 Å². The van der Waals surface area contributed by atoms with Crippen LogP contribution in [0.1, 0.15) is 25.7 Å². The minimum absolute atomic E-state index is 0. The number of hydrogen-bond donors (Lipinski definition) is 4. The second-order valence-corrected chi connectivity index (χ2v) is 6.80. The average Bonchev–Trinajstić information content (AvgIpc) is 3.12. The van der Waals surface area contributed by atoms with Crippen molar-refractivity contribution in [3.8, 4) is 0 Å². The summed E-state index contributed by atoms with van der Waals surface area (Å²) in [5, 5.41) is 3.23. The Morgan fingerprint density at radius 2 is 0.957 bits per heavy atom. The summed E-state index contributed by atoms with van der Waals surface area (Å²) in [5.74, 6) is 0. The molecule has 130 valence electrons. The van der Waals surface area contributed by atoms with Gasteiger partial charge in [0.25, 0.3) is 0 Å². The van der Waals surface area contributed by atoms with Crippen LogP contribution in [0.3, 0.4) is 0 Å². The Balaban J connectivity index is 0.000000403. The van der Waals surface area contributed by atoms with Gasteiger partial charge in [0.15, 0.2) is 0 Å². The summed E-state index contributed by atoms with van der Waals surface area (Å²) in [6, 6.07) is 0. The van der Waals surface area contributed by atoms with Crippen LogP contribution in [0.2, 0.25) is 0 Å². The van der Waals surface area contributed by atoms with Crippen molar-refractivity contribution in [2.24, 2.45) is 0 Å². The van der Waals surface area contributed by atoms with E-state index in [9.17, 15) is 9.59 Å². The maximum Gasteiger partial charge on any atom is 0.449 e. The summed E-state index contributed by atoms with van der Waals surface area (Å²) in [5.41, 5.74) is 0. The molecule has 2 fully saturated rings. The molecule has 0 saturated carbocycles. The van der Waals surface area contributed by atoms with Crippen LogP contribution in [0.5, 0.6) is 0 Å². The molecular formula is C10H20N4O4S4Zn. The van der Waals surface area contributed by atoms with Gasteiger partial charge in [0.1, 0.15) is 0 Å². The molecule has 0 aliphatic carbocycles. The summed E-state index contributed by atoms with van der Waals surface area (Å²) in [7, 11) is 0. The third-order valence-corrected chi connectivity index (χ3v) is 3.52.